The fourth-order valence-electron chi connectivity index (χ4n) is 2.90. The largest absolute Gasteiger partial charge is 0.389 e. The Labute approximate surface area is 133 Å². The maximum absolute atomic E-state index is 12.1. The first-order chi connectivity index (χ1) is 10.7. The Morgan fingerprint density at radius 1 is 1.32 bits per heavy atom. The van der Waals surface area contributed by atoms with Gasteiger partial charge in [0.1, 0.15) is 0 Å². The molecule has 0 aromatic heterocycles. The third kappa shape index (κ3) is 4.99. The van der Waals surface area contributed by atoms with Crippen LogP contribution in [0, 0.1) is 0 Å². The summed E-state index contributed by atoms with van der Waals surface area (Å²) in [5.74, 6) is 0.207. The van der Waals surface area contributed by atoms with Crippen LogP contribution in [0.25, 0.3) is 0 Å². The summed E-state index contributed by atoms with van der Waals surface area (Å²) >= 11 is 0. The van der Waals surface area contributed by atoms with E-state index in [1.807, 2.05) is 47.4 Å². The Bertz CT molecular complexity index is 483. The predicted molar refractivity (Wildman–Crippen MR) is 89.3 cm³/mol. The zero-order chi connectivity index (χ0) is 15.8. The molecule has 1 aliphatic heterocycles. The van der Waals surface area contributed by atoms with E-state index in [9.17, 15) is 9.90 Å². The van der Waals surface area contributed by atoms with Crippen LogP contribution in [-0.4, -0.2) is 28.1 Å². The Morgan fingerprint density at radius 3 is 2.82 bits per heavy atom. The van der Waals surface area contributed by atoms with Crippen LogP contribution in [0.1, 0.15) is 51.0 Å². The highest BCUT2D eigenvalue weighted by Crippen LogP contribution is 2.22. The van der Waals surface area contributed by atoms with Crippen LogP contribution in [0.4, 0.5) is 0 Å². The minimum absolute atomic E-state index is 0.119. The maximum atomic E-state index is 12.1. The lowest BCUT2D eigenvalue weighted by Gasteiger charge is -2.22. The molecule has 120 valence electrons. The second-order valence-corrected chi connectivity index (χ2v) is 6.06. The summed E-state index contributed by atoms with van der Waals surface area (Å²) in [6, 6.07) is 10.2. The number of likely N-dealkylation sites (tertiary alicyclic amines) is 1. The van der Waals surface area contributed by atoms with Crippen LogP contribution in [0.5, 0.6) is 0 Å². The van der Waals surface area contributed by atoms with Crippen LogP contribution in [0.2, 0.25) is 0 Å². The molecule has 1 heterocycles. The van der Waals surface area contributed by atoms with Crippen molar-refractivity contribution in [1.29, 1.82) is 0 Å². The molecule has 0 spiro atoms. The molecule has 2 unspecified atom stereocenters. The van der Waals surface area contributed by atoms with E-state index in [1.165, 1.54) is 6.42 Å². The molecule has 2 atom stereocenters. The summed E-state index contributed by atoms with van der Waals surface area (Å²) in [4.78, 5) is 14.0. The molecule has 0 aliphatic carbocycles. The SMILES string of the molecule is CCCCCC(O)C=CC1CCC(=O)N1Cc1ccccc1. The third-order valence-corrected chi connectivity index (χ3v) is 4.23. The molecule has 0 radical (unpaired) electrons. The van der Waals surface area contributed by atoms with Gasteiger partial charge in [0, 0.05) is 13.0 Å². The van der Waals surface area contributed by atoms with Crippen LogP contribution in [-0.2, 0) is 11.3 Å². The van der Waals surface area contributed by atoms with Gasteiger partial charge in [-0.2, -0.15) is 0 Å². The molecular weight excluding hydrogens is 274 g/mol. The zero-order valence-corrected chi connectivity index (χ0v) is 13.4. The van der Waals surface area contributed by atoms with Gasteiger partial charge in [0.2, 0.25) is 5.91 Å². The number of hydrogen-bond acceptors (Lipinski definition) is 2. The lowest BCUT2D eigenvalue weighted by molar-refractivity contribution is -0.129. The van der Waals surface area contributed by atoms with Crippen molar-refractivity contribution in [3.05, 3.63) is 48.0 Å². The minimum Gasteiger partial charge on any atom is -0.389 e. The summed E-state index contributed by atoms with van der Waals surface area (Å²) in [6.07, 6.45) is 9.15. The quantitative estimate of drug-likeness (QED) is 0.588. The van der Waals surface area contributed by atoms with Gasteiger partial charge in [-0.1, -0.05) is 68.7 Å². The molecule has 3 heteroatoms. The molecule has 1 amide bonds. The van der Waals surface area contributed by atoms with Gasteiger partial charge >= 0.3 is 0 Å². The van der Waals surface area contributed by atoms with Gasteiger partial charge in [0.05, 0.1) is 12.1 Å². The molecule has 3 nitrogen and oxygen atoms in total. The van der Waals surface area contributed by atoms with Crippen LogP contribution in [0.15, 0.2) is 42.5 Å². The van der Waals surface area contributed by atoms with E-state index in [1.54, 1.807) is 0 Å². The average molecular weight is 301 g/mol. The van der Waals surface area contributed by atoms with Crippen LogP contribution in [0.3, 0.4) is 0 Å². The summed E-state index contributed by atoms with van der Waals surface area (Å²) in [7, 11) is 0. The number of aliphatic hydroxyl groups excluding tert-OH is 1. The lowest BCUT2D eigenvalue weighted by Crippen LogP contribution is -2.31. The van der Waals surface area contributed by atoms with Crippen molar-refractivity contribution in [2.75, 3.05) is 0 Å². The van der Waals surface area contributed by atoms with Gasteiger partial charge in [-0.15, -0.1) is 0 Å². The van der Waals surface area contributed by atoms with Gasteiger partial charge in [0.25, 0.3) is 0 Å². The van der Waals surface area contributed by atoms with Crippen molar-refractivity contribution < 1.29 is 9.90 Å². The van der Waals surface area contributed by atoms with Crippen molar-refractivity contribution >= 4 is 5.91 Å². The smallest absolute Gasteiger partial charge is 0.223 e. The molecule has 1 saturated heterocycles. The highest BCUT2D eigenvalue weighted by atomic mass is 16.3. The molecule has 22 heavy (non-hydrogen) atoms. The van der Waals surface area contributed by atoms with Crippen LogP contribution >= 0.6 is 0 Å². The van der Waals surface area contributed by atoms with Gasteiger partial charge in [0.15, 0.2) is 0 Å². The van der Waals surface area contributed by atoms with E-state index in [2.05, 4.69) is 6.92 Å². The molecule has 2 rings (SSSR count). The number of benzene rings is 1. The first-order valence-corrected chi connectivity index (χ1v) is 8.40. The lowest BCUT2D eigenvalue weighted by atomic mass is 10.1. The normalized spacial score (nSPS) is 20.0. The molecule has 0 saturated carbocycles. The number of hydrogen-bond donors (Lipinski definition) is 1. The Hall–Kier alpha value is -1.61. The number of aliphatic hydroxyl groups is 1. The van der Waals surface area contributed by atoms with E-state index in [-0.39, 0.29) is 18.1 Å². The van der Waals surface area contributed by atoms with Crippen molar-refractivity contribution in [1.82, 2.24) is 4.90 Å². The molecule has 1 N–H and O–H groups in total. The van der Waals surface area contributed by atoms with E-state index in [0.717, 1.165) is 31.2 Å². The minimum atomic E-state index is -0.388. The molecule has 1 aromatic carbocycles. The third-order valence-electron chi connectivity index (χ3n) is 4.23. The van der Waals surface area contributed by atoms with E-state index in [4.69, 9.17) is 0 Å². The van der Waals surface area contributed by atoms with Crippen molar-refractivity contribution in [3.63, 3.8) is 0 Å². The molecule has 0 bridgehead atoms. The number of carbonyl (C=O) groups excluding carboxylic acids is 1. The monoisotopic (exact) mass is 301 g/mol. The Morgan fingerprint density at radius 2 is 2.09 bits per heavy atom. The average Bonchev–Trinajstić information content (AvgIpc) is 2.87. The van der Waals surface area contributed by atoms with Gasteiger partial charge in [-0.3, -0.25) is 4.79 Å². The number of carbonyl (C=O) groups is 1. The number of amides is 1. The molecular formula is C19H27NO2. The summed E-state index contributed by atoms with van der Waals surface area (Å²) in [6.45, 7) is 2.81. The highest BCUT2D eigenvalue weighted by Gasteiger charge is 2.28. The zero-order valence-electron chi connectivity index (χ0n) is 13.4. The molecule has 1 aliphatic rings. The van der Waals surface area contributed by atoms with E-state index in [0.29, 0.717) is 13.0 Å². The predicted octanol–water partition coefficient (Wildman–Crippen LogP) is 3.68. The standard InChI is InChI=1S/C19H27NO2/c1-2-3-5-10-18(21)13-11-17-12-14-19(22)20(17)15-16-8-6-4-7-9-16/h4,6-9,11,13,17-18,21H,2-3,5,10,12,14-15H2,1H3. The van der Waals surface area contributed by atoms with Crippen LogP contribution < -0.4 is 0 Å². The van der Waals surface area contributed by atoms with Gasteiger partial charge < -0.3 is 10.0 Å². The first kappa shape index (κ1) is 16.8. The van der Waals surface area contributed by atoms with Crippen molar-refractivity contribution in [2.24, 2.45) is 0 Å². The molecule has 1 fully saturated rings. The second-order valence-electron chi connectivity index (χ2n) is 6.06. The summed E-state index contributed by atoms with van der Waals surface area (Å²) in [5.41, 5.74) is 1.15. The van der Waals surface area contributed by atoms with E-state index < -0.39 is 0 Å². The first-order valence-electron chi connectivity index (χ1n) is 8.40. The maximum Gasteiger partial charge on any atom is 0.223 e. The fraction of sp³-hybridized carbons (Fsp3) is 0.526. The Kier molecular flexibility index (Phi) is 6.66. The number of rotatable bonds is 8. The Balaban J connectivity index is 1.90. The second kappa shape index (κ2) is 8.74. The number of unbranched alkanes of at least 4 members (excludes halogenated alkanes) is 2. The summed E-state index contributed by atoms with van der Waals surface area (Å²) in [5, 5.41) is 9.99. The number of nitrogens with zero attached hydrogens (tertiary/aromatic N) is 1. The van der Waals surface area contributed by atoms with Crippen molar-refractivity contribution in [2.45, 2.75) is 64.1 Å². The molecule has 1 aromatic rings. The topological polar surface area (TPSA) is 40.5 Å². The van der Waals surface area contributed by atoms with Crippen molar-refractivity contribution in [3.8, 4) is 0 Å². The fourth-order valence-corrected chi connectivity index (χ4v) is 2.90. The van der Waals surface area contributed by atoms with E-state index >= 15 is 0 Å². The summed E-state index contributed by atoms with van der Waals surface area (Å²) < 4.78 is 0. The highest BCUT2D eigenvalue weighted by molar-refractivity contribution is 5.79. The van der Waals surface area contributed by atoms with Gasteiger partial charge in [-0.25, -0.2) is 0 Å². The van der Waals surface area contributed by atoms with Gasteiger partial charge in [-0.05, 0) is 18.4 Å².